The topological polar surface area (TPSA) is 76.6 Å². The molecule has 1 aliphatic carbocycles. The molecule has 224 valence electrons. The molecule has 2 fully saturated rings. The zero-order chi connectivity index (χ0) is 29.4. The van der Waals surface area contributed by atoms with Crippen LogP contribution in [0.3, 0.4) is 0 Å². The number of hydrogen-bond donors (Lipinski definition) is 0. The van der Waals surface area contributed by atoms with E-state index in [0.29, 0.717) is 12.0 Å². The molecule has 0 bridgehead atoms. The van der Waals surface area contributed by atoms with E-state index in [1.807, 2.05) is 36.4 Å². The van der Waals surface area contributed by atoms with Crippen molar-refractivity contribution in [1.82, 2.24) is 9.88 Å². The Kier molecular flexibility index (Phi) is 9.14. The number of amides is 1. The standard InChI is InChI=1S/C33H36F2N2O4.CH4/c1-32(2,3)41-31(40)37-15-13-26(33(34,35)20-37)10-11-29(38)23-8-6-22(7-9-23)27-18-28(27)30(39)17-21-4-5-25-19-36-14-12-24(25)16-21;/h4-9,12,14,16,19,26-28H,10-11,13,15,17-18,20H2,1-3H3;1H4/t26?,27-,28+;/m0./s1. The third-order valence-electron chi connectivity index (χ3n) is 8.07. The number of aromatic nitrogens is 1. The predicted molar refractivity (Wildman–Crippen MR) is 159 cm³/mol. The van der Waals surface area contributed by atoms with Crippen LogP contribution in [0.5, 0.6) is 0 Å². The molecular weight excluding hydrogens is 538 g/mol. The molecule has 1 aromatic heterocycles. The van der Waals surface area contributed by atoms with Crippen LogP contribution in [0.2, 0.25) is 0 Å². The van der Waals surface area contributed by atoms with Crippen molar-refractivity contribution in [3.05, 3.63) is 77.6 Å². The van der Waals surface area contributed by atoms with E-state index in [0.717, 1.165) is 33.2 Å². The number of Topliss-reactive ketones (excluding diaryl/α,β-unsaturated/α-hetero) is 2. The average molecular weight is 579 g/mol. The van der Waals surface area contributed by atoms with Gasteiger partial charge in [0.2, 0.25) is 0 Å². The zero-order valence-corrected chi connectivity index (χ0v) is 23.7. The van der Waals surface area contributed by atoms with Gasteiger partial charge in [0.1, 0.15) is 11.4 Å². The van der Waals surface area contributed by atoms with E-state index in [1.54, 1.807) is 45.3 Å². The highest BCUT2D eigenvalue weighted by Crippen LogP contribution is 2.48. The first-order valence-corrected chi connectivity index (χ1v) is 14.2. The van der Waals surface area contributed by atoms with Crippen LogP contribution in [0.4, 0.5) is 13.6 Å². The summed E-state index contributed by atoms with van der Waals surface area (Å²) >= 11 is 0. The maximum atomic E-state index is 14.8. The third kappa shape index (κ3) is 7.39. The van der Waals surface area contributed by atoms with Crippen molar-refractivity contribution in [3.8, 4) is 0 Å². The van der Waals surface area contributed by atoms with Gasteiger partial charge in [0.05, 0.1) is 6.54 Å². The minimum absolute atomic E-state index is 0. The number of nitrogens with zero attached hydrogens (tertiary/aromatic N) is 2. The lowest BCUT2D eigenvalue weighted by Crippen LogP contribution is -2.51. The summed E-state index contributed by atoms with van der Waals surface area (Å²) in [6, 6.07) is 15.2. The lowest BCUT2D eigenvalue weighted by molar-refractivity contribution is -0.119. The molecule has 2 heterocycles. The fourth-order valence-electron chi connectivity index (χ4n) is 5.68. The van der Waals surface area contributed by atoms with Gasteiger partial charge in [-0.15, -0.1) is 0 Å². The summed E-state index contributed by atoms with van der Waals surface area (Å²) in [5, 5.41) is 2.10. The number of ketones is 2. The molecule has 2 aromatic carbocycles. The number of alkyl halides is 2. The summed E-state index contributed by atoms with van der Waals surface area (Å²) in [5.74, 6) is -3.92. The van der Waals surface area contributed by atoms with Gasteiger partial charge in [0.15, 0.2) is 5.78 Å². The van der Waals surface area contributed by atoms with Gasteiger partial charge in [0.25, 0.3) is 5.92 Å². The van der Waals surface area contributed by atoms with E-state index >= 15 is 0 Å². The van der Waals surface area contributed by atoms with Gasteiger partial charge < -0.3 is 9.64 Å². The van der Waals surface area contributed by atoms with Crippen LogP contribution >= 0.6 is 0 Å². The smallest absolute Gasteiger partial charge is 0.410 e. The fraction of sp³-hybridized carbons (Fsp3) is 0.471. The lowest BCUT2D eigenvalue weighted by Gasteiger charge is -2.38. The first kappa shape index (κ1) is 31.3. The summed E-state index contributed by atoms with van der Waals surface area (Å²) in [4.78, 5) is 43.1. The van der Waals surface area contributed by atoms with E-state index in [9.17, 15) is 23.2 Å². The number of benzene rings is 2. The first-order valence-electron chi connectivity index (χ1n) is 14.2. The first-order chi connectivity index (χ1) is 19.4. The Morgan fingerprint density at radius 2 is 1.79 bits per heavy atom. The Morgan fingerprint density at radius 1 is 1.05 bits per heavy atom. The monoisotopic (exact) mass is 578 g/mol. The number of pyridine rings is 1. The van der Waals surface area contributed by atoms with Crippen LogP contribution in [0.15, 0.2) is 60.9 Å². The molecule has 1 saturated carbocycles. The maximum absolute atomic E-state index is 14.8. The van der Waals surface area contributed by atoms with Crippen molar-refractivity contribution in [3.63, 3.8) is 0 Å². The number of rotatable bonds is 8. The van der Waals surface area contributed by atoms with Crippen LogP contribution < -0.4 is 0 Å². The van der Waals surface area contributed by atoms with Crippen LogP contribution in [0.1, 0.15) is 81.3 Å². The van der Waals surface area contributed by atoms with Crippen molar-refractivity contribution >= 4 is 28.4 Å². The summed E-state index contributed by atoms with van der Waals surface area (Å²) in [5.41, 5.74) is 1.74. The van der Waals surface area contributed by atoms with Gasteiger partial charge in [-0.25, -0.2) is 13.6 Å². The number of likely N-dealkylation sites (tertiary alicyclic amines) is 1. The number of carbonyl (C=O) groups excluding carboxylic acids is 3. The van der Waals surface area contributed by atoms with Crippen LogP contribution in [0.25, 0.3) is 10.8 Å². The van der Waals surface area contributed by atoms with Crippen molar-refractivity contribution in [2.24, 2.45) is 11.8 Å². The molecule has 3 atom stereocenters. The second kappa shape index (κ2) is 12.3. The molecule has 6 nitrogen and oxygen atoms in total. The van der Waals surface area contributed by atoms with E-state index in [1.165, 1.54) is 0 Å². The molecule has 5 rings (SSSR count). The lowest BCUT2D eigenvalue weighted by atomic mass is 9.87. The van der Waals surface area contributed by atoms with Crippen LogP contribution in [-0.4, -0.2) is 52.2 Å². The second-order valence-electron chi connectivity index (χ2n) is 12.4. The minimum atomic E-state index is -3.09. The molecule has 1 aliphatic heterocycles. The summed E-state index contributed by atoms with van der Waals surface area (Å²) < 4.78 is 34.9. The Balaban J connectivity index is 0.00000405. The zero-order valence-electron chi connectivity index (χ0n) is 23.7. The van der Waals surface area contributed by atoms with Crippen molar-refractivity contribution in [1.29, 1.82) is 0 Å². The van der Waals surface area contributed by atoms with E-state index in [2.05, 4.69) is 4.98 Å². The summed E-state index contributed by atoms with van der Waals surface area (Å²) in [6.07, 6.45) is 4.17. The summed E-state index contributed by atoms with van der Waals surface area (Å²) in [6.45, 7) is 4.57. The number of piperidine rings is 1. The quantitative estimate of drug-likeness (QED) is 0.257. The molecule has 0 radical (unpaired) electrons. The van der Waals surface area contributed by atoms with Gasteiger partial charge in [-0.1, -0.05) is 49.9 Å². The highest BCUT2D eigenvalue weighted by Gasteiger charge is 2.46. The molecule has 2 aliphatic rings. The number of hydrogen-bond acceptors (Lipinski definition) is 5. The normalized spacial score (nSPS) is 21.4. The van der Waals surface area contributed by atoms with E-state index < -0.39 is 30.1 Å². The van der Waals surface area contributed by atoms with Gasteiger partial charge in [-0.3, -0.25) is 14.6 Å². The van der Waals surface area contributed by atoms with E-state index in [4.69, 9.17) is 4.74 Å². The molecule has 1 saturated heterocycles. The minimum Gasteiger partial charge on any atom is -0.444 e. The fourth-order valence-corrected chi connectivity index (χ4v) is 5.68. The molecule has 1 amide bonds. The third-order valence-corrected chi connectivity index (χ3v) is 8.07. The Bertz CT molecular complexity index is 1450. The largest absolute Gasteiger partial charge is 0.444 e. The predicted octanol–water partition coefficient (Wildman–Crippen LogP) is 7.64. The highest BCUT2D eigenvalue weighted by atomic mass is 19.3. The number of fused-ring (bicyclic) bond motifs is 1. The Hall–Kier alpha value is -3.68. The molecule has 0 N–H and O–H groups in total. The van der Waals surface area contributed by atoms with Crippen molar-refractivity contribution in [2.45, 2.75) is 77.7 Å². The Morgan fingerprint density at radius 3 is 2.48 bits per heavy atom. The van der Waals surface area contributed by atoms with Gasteiger partial charge in [0, 0.05) is 54.6 Å². The van der Waals surface area contributed by atoms with Gasteiger partial charge in [-0.2, -0.15) is 0 Å². The van der Waals surface area contributed by atoms with Crippen molar-refractivity contribution < 1.29 is 27.9 Å². The summed E-state index contributed by atoms with van der Waals surface area (Å²) in [7, 11) is 0. The Labute approximate surface area is 246 Å². The van der Waals surface area contributed by atoms with Crippen LogP contribution in [-0.2, 0) is 16.0 Å². The number of ether oxygens (including phenoxy) is 1. The molecule has 3 aromatic rings. The van der Waals surface area contributed by atoms with Crippen LogP contribution in [0, 0.1) is 11.8 Å². The highest BCUT2D eigenvalue weighted by molar-refractivity contribution is 5.96. The van der Waals surface area contributed by atoms with Gasteiger partial charge >= 0.3 is 6.09 Å². The number of carbonyl (C=O) groups is 3. The number of halogens is 2. The molecule has 8 heteroatoms. The van der Waals surface area contributed by atoms with E-state index in [-0.39, 0.29) is 56.6 Å². The SMILES string of the molecule is C.CC(C)(C)OC(=O)N1CCC(CCC(=O)c2ccc([C@@H]3C[C@H]3C(=O)Cc3ccc4cnccc4c3)cc2)C(F)(F)C1. The second-order valence-corrected chi connectivity index (χ2v) is 12.4. The van der Waals surface area contributed by atoms with Gasteiger partial charge in [-0.05, 0) is 68.5 Å². The molecule has 0 spiro atoms. The molecule has 1 unspecified atom stereocenters. The average Bonchev–Trinajstić information content (AvgIpc) is 3.72. The molecular formula is C34H40F2N2O4. The van der Waals surface area contributed by atoms with Crippen molar-refractivity contribution in [2.75, 3.05) is 13.1 Å². The molecule has 42 heavy (non-hydrogen) atoms. The maximum Gasteiger partial charge on any atom is 0.410 e.